The molecule has 0 bridgehead atoms. The molecular formula is C17H16Cl3N5. The number of hydrogen-bond acceptors (Lipinski definition) is 2. The van der Waals surface area contributed by atoms with Crippen molar-refractivity contribution in [3.63, 3.8) is 0 Å². The fourth-order valence-electron chi connectivity index (χ4n) is 2.19. The molecule has 3 rings (SSSR count). The lowest BCUT2D eigenvalue weighted by molar-refractivity contribution is 1.11. The lowest BCUT2D eigenvalue weighted by atomic mass is 10.1. The van der Waals surface area contributed by atoms with Crippen LogP contribution in [0.3, 0.4) is 0 Å². The van der Waals surface area contributed by atoms with Crippen molar-refractivity contribution in [2.75, 3.05) is 10.6 Å². The van der Waals surface area contributed by atoms with Gasteiger partial charge in [0.15, 0.2) is 5.96 Å². The van der Waals surface area contributed by atoms with E-state index in [1.807, 2.05) is 24.4 Å². The average molecular weight is 397 g/mol. The highest BCUT2D eigenvalue weighted by atomic mass is 35.5. The van der Waals surface area contributed by atoms with Crippen molar-refractivity contribution in [1.29, 1.82) is 5.41 Å². The van der Waals surface area contributed by atoms with Crippen LogP contribution in [0, 0.1) is 5.41 Å². The summed E-state index contributed by atoms with van der Waals surface area (Å²) < 4.78 is 0. The molecule has 0 aliphatic rings. The standard InChI is InChI=1S/C17H15Cl2N5.ClH/c18-14-7-6-12(9-15(14)19)22-16(20)24-17-21-10-13(23-17)8-11-4-2-1-3-5-11;/h1-7,9-10H,8H2,(H4,20,21,22,23,24);1H. The van der Waals surface area contributed by atoms with E-state index in [0.29, 0.717) is 21.7 Å². The van der Waals surface area contributed by atoms with E-state index in [1.54, 1.807) is 18.2 Å². The van der Waals surface area contributed by atoms with E-state index in [-0.39, 0.29) is 18.4 Å². The maximum absolute atomic E-state index is 7.96. The largest absolute Gasteiger partial charge is 0.330 e. The molecule has 0 spiro atoms. The van der Waals surface area contributed by atoms with Gasteiger partial charge in [-0.25, -0.2) is 4.98 Å². The zero-order valence-electron chi connectivity index (χ0n) is 13.0. The lowest BCUT2D eigenvalue weighted by Crippen LogP contribution is -2.21. The molecule has 25 heavy (non-hydrogen) atoms. The van der Waals surface area contributed by atoms with Crippen LogP contribution in [0.5, 0.6) is 0 Å². The Bertz CT molecular complexity index is 848. The van der Waals surface area contributed by atoms with E-state index >= 15 is 0 Å². The third-order valence-corrected chi connectivity index (χ3v) is 4.03. The summed E-state index contributed by atoms with van der Waals surface area (Å²) in [4.78, 5) is 7.44. The molecule has 0 radical (unpaired) electrons. The van der Waals surface area contributed by atoms with Gasteiger partial charge in [0.25, 0.3) is 0 Å². The van der Waals surface area contributed by atoms with Crippen molar-refractivity contribution < 1.29 is 0 Å². The molecule has 0 unspecified atom stereocenters. The molecule has 0 amide bonds. The Morgan fingerprint density at radius 1 is 1.04 bits per heavy atom. The van der Waals surface area contributed by atoms with Gasteiger partial charge in [0, 0.05) is 18.3 Å². The van der Waals surface area contributed by atoms with Gasteiger partial charge in [0.1, 0.15) is 0 Å². The second-order valence-corrected chi connectivity index (χ2v) is 5.97. The molecule has 4 N–H and O–H groups in total. The first-order chi connectivity index (χ1) is 11.6. The molecule has 0 aliphatic carbocycles. The van der Waals surface area contributed by atoms with Crippen LogP contribution in [0.4, 0.5) is 11.6 Å². The molecule has 1 aromatic heterocycles. The Morgan fingerprint density at radius 2 is 1.80 bits per heavy atom. The van der Waals surface area contributed by atoms with Crippen LogP contribution in [0.1, 0.15) is 11.3 Å². The van der Waals surface area contributed by atoms with Crippen LogP contribution in [-0.4, -0.2) is 15.9 Å². The summed E-state index contributed by atoms with van der Waals surface area (Å²) in [5, 5.41) is 14.6. The Morgan fingerprint density at radius 3 is 2.52 bits per heavy atom. The predicted octanol–water partition coefficient (Wildman–Crippen LogP) is 5.19. The minimum Gasteiger partial charge on any atom is -0.330 e. The number of H-pyrrole nitrogens is 1. The van der Waals surface area contributed by atoms with Gasteiger partial charge in [0.2, 0.25) is 5.95 Å². The van der Waals surface area contributed by atoms with Gasteiger partial charge < -0.3 is 10.3 Å². The number of hydrogen-bond donors (Lipinski definition) is 4. The molecule has 0 saturated carbocycles. The minimum absolute atomic E-state index is 0. The summed E-state index contributed by atoms with van der Waals surface area (Å²) >= 11 is 11.8. The number of rotatable bonds is 4. The average Bonchev–Trinajstić information content (AvgIpc) is 2.99. The summed E-state index contributed by atoms with van der Waals surface area (Å²) in [6.45, 7) is 0. The summed E-state index contributed by atoms with van der Waals surface area (Å²) in [5.74, 6) is 0.576. The lowest BCUT2D eigenvalue weighted by Gasteiger charge is -2.09. The van der Waals surface area contributed by atoms with Gasteiger partial charge in [0.05, 0.1) is 15.7 Å². The van der Waals surface area contributed by atoms with Crippen molar-refractivity contribution in [2.24, 2.45) is 0 Å². The zero-order valence-corrected chi connectivity index (χ0v) is 15.3. The van der Waals surface area contributed by atoms with E-state index in [4.69, 9.17) is 28.6 Å². The van der Waals surface area contributed by atoms with Gasteiger partial charge in [-0.2, -0.15) is 0 Å². The third kappa shape index (κ3) is 5.39. The topological polar surface area (TPSA) is 76.6 Å². The van der Waals surface area contributed by atoms with Gasteiger partial charge >= 0.3 is 0 Å². The number of imidazole rings is 1. The highest BCUT2D eigenvalue weighted by molar-refractivity contribution is 6.42. The molecule has 0 saturated heterocycles. The number of benzene rings is 2. The van der Waals surface area contributed by atoms with Gasteiger partial charge in [-0.15, -0.1) is 12.4 Å². The van der Waals surface area contributed by atoms with Gasteiger partial charge in [-0.05, 0) is 23.8 Å². The molecule has 0 atom stereocenters. The normalized spacial score (nSPS) is 10.0. The highest BCUT2D eigenvalue weighted by Crippen LogP contribution is 2.25. The summed E-state index contributed by atoms with van der Waals surface area (Å²) in [7, 11) is 0. The van der Waals surface area contributed by atoms with E-state index in [0.717, 1.165) is 12.1 Å². The third-order valence-electron chi connectivity index (χ3n) is 3.29. The molecule has 8 heteroatoms. The summed E-state index contributed by atoms with van der Waals surface area (Å²) in [6, 6.07) is 15.2. The minimum atomic E-state index is 0. The van der Waals surface area contributed by atoms with Crippen LogP contribution in [0.2, 0.25) is 10.0 Å². The number of aromatic nitrogens is 2. The van der Waals surface area contributed by atoms with Crippen LogP contribution in [-0.2, 0) is 6.42 Å². The first-order valence-electron chi connectivity index (χ1n) is 7.26. The zero-order chi connectivity index (χ0) is 16.9. The molecule has 0 aliphatic heterocycles. The van der Waals surface area contributed by atoms with E-state index < -0.39 is 0 Å². The number of nitrogens with zero attached hydrogens (tertiary/aromatic N) is 1. The van der Waals surface area contributed by atoms with Crippen molar-refractivity contribution in [1.82, 2.24) is 9.97 Å². The summed E-state index contributed by atoms with van der Waals surface area (Å²) in [5.41, 5.74) is 2.74. The van der Waals surface area contributed by atoms with Crippen LogP contribution < -0.4 is 10.6 Å². The van der Waals surface area contributed by atoms with Crippen LogP contribution >= 0.6 is 35.6 Å². The molecular weight excluding hydrogens is 381 g/mol. The predicted molar refractivity (Wildman–Crippen MR) is 107 cm³/mol. The van der Waals surface area contributed by atoms with Crippen LogP contribution in [0.25, 0.3) is 0 Å². The molecule has 2 aromatic carbocycles. The molecule has 3 aromatic rings. The van der Waals surface area contributed by atoms with E-state index in [2.05, 4.69) is 32.7 Å². The summed E-state index contributed by atoms with van der Waals surface area (Å²) in [6.07, 6.45) is 2.55. The van der Waals surface area contributed by atoms with E-state index in [9.17, 15) is 0 Å². The maximum Gasteiger partial charge on any atom is 0.207 e. The number of nitrogens with one attached hydrogen (secondary N) is 4. The molecule has 130 valence electrons. The highest BCUT2D eigenvalue weighted by Gasteiger charge is 2.06. The second-order valence-electron chi connectivity index (χ2n) is 5.16. The number of halogens is 3. The Balaban J connectivity index is 0.00000225. The fraction of sp³-hybridized carbons (Fsp3) is 0.0588. The van der Waals surface area contributed by atoms with E-state index in [1.165, 1.54) is 5.56 Å². The first-order valence-corrected chi connectivity index (χ1v) is 8.01. The first kappa shape index (κ1) is 19.1. The number of aromatic amines is 1. The van der Waals surface area contributed by atoms with Crippen molar-refractivity contribution in [3.8, 4) is 0 Å². The number of anilines is 2. The van der Waals surface area contributed by atoms with Crippen LogP contribution in [0.15, 0.2) is 54.7 Å². The molecule has 1 heterocycles. The Kier molecular flexibility index (Phi) is 6.70. The number of guanidine groups is 1. The monoisotopic (exact) mass is 395 g/mol. The second kappa shape index (κ2) is 8.76. The maximum atomic E-state index is 7.96. The van der Waals surface area contributed by atoms with Crippen molar-refractivity contribution in [2.45, 2.75) is 6.42 Å². The van der Waals surface area contributed by atoms with Crippen molar-refractivity contribution >= 4 is 53.2 Å². The van der Waals surface area contributed by atoms with Gasteiger partial charge in [-0.1, -0.05) is 53.5 Å². The van der Waals surface area contributed by atoms with Gasteiger partial charge in [-0.3, -0.25) is 10.7 Å². The smallest absolute Gasteiger partial charge is 0.207 e. The van der Waals surface area contributed by atoms with Crippen molar-refractivity contribution in [3.05, 3.63) is 76.0 Å². The SMILES string of the molecule is Cl.N=C(Nc1ccc(Cl)c(Cl)c1)Nc1nc(Cc2ccccc2)c[nH]1. The Labute approximate surface area is 161 Å². The fourth-order valence-corrected chi connectivity index (χ4v) is 2.49. The molecule has 5 nitrogen and oxygen atoms in total. The quantitative estimate of drug-likeness (QED) is 0.362. The molecule has 0 fully saturated rings. The Hall–Kier alpha value is -2.21.